The van der Waals surface area contributed by atoms with Crippen LogP contribution in [0.15, 0.2) is 30.3 Å². The Kier molecular flexibility index (Phi) is 7.25. The van der Waals surface area contributed by atoms with Crippen LogP contribution in [0.25, 0.3) is 0 Å². The van der Waals surface area contributed by atoms with Gasteiger partial charge in [-0.25, -0.2) is 4.79 Å². The fourth-order valence-electron chi connectivity index (χ4n) is 2.92. The summed E-state index contributed by atoms with van der Waals surface area (Å²) in [7, 11) is 0. The average Bonchev–Trinajstić information content (AvgIpc) is 2.61. The summed E-state index contributed by atoms with van der Waals surface area (Å²) in [4.78, 5) is 30.2. The molecular formula is C19H29N3O3. The molecule has 1 aromatic rings. The van der Waals surface area contributed by atoms with Gasteiger partial charge in [0.1, 0.15) is 0 Å². The van der Waals surface area contributed by atoms with Crippen molar-refractivity contribution in [1.82, 2.24) is 14.7 Å². The Hall–Kier alpha value is -2.08. The van der Waals surface area contributed by atoms with E-state index in [-0.39, 0.29) is 18.0 Å². The maximum Gasteiger partial charge on any atom is 0.409 e. The first-order valence-corrected chi connectivity index (χ1v) is 8.98. The number of ether oxygens (including phenoxy) is 1. The predicted molar refractivity (Wildman–Crippen MR) is 97.2 cm³/mol. The van der Waals surface area contributed by atoms with E-state index in [0.717, 1.165) is 5.56 Å². The Bertz CT molecular complexity index is 554. The Morgan fingerprint density at radius 1 is 1.12 bits per heavy atom. The highest BCUT2D eigenvalue weighted by atomic mass is 16.6. The lowest BCUT2D eigenvalue weighted by Gasteiger charge is -2.35. The molecular weight excluding hydrogens is 318 g/mol. The van der Waals surface area contributed by atoms with Crippen LogP contribution >= 0.6 is 0 Å². The first kappa shape index (κ1) is 19.2. The van der Waals surface area contributed by atoms with Crippen LogP contribution in [-0.2, 0) is 16.1 Å². The molecule has 0 saturated carbocycles. The van der Waals surface area contributed by atoms with Gasteiger partial charge in [0.15, 0.2) is 0 Å². The molecule has 0 unspecified atom stereocenters. The molecule has 0 radical (unpaired) electrons. The highest BCUT2D eigenvalue weighted by Gasteiger charge is 2.25. The van der Waals surface area contributed by atoms with E-state index in [0.29, 0.717) is 45.9 Å². The van der Waals surface area contributed by atoms with Gasteiger partial charge in [-0.2, -0.15) is 0 Å². The van der Waals surface area contributed by atoms with Gasteiger partial charge in [-0.15, -0.1) is 0 Å². The van der Waals surface area contributed by atoms with Gasteiger partial charge in [0.2, 0.25) is 5.91 Å². The van der Waals surface area contributed by atoms with E-state index in [4.69, 9.17) is 4.74 Å². The largest absolute Gasteiger partial charge is 0.450 e. The zero-order chi connectivity index (χ0) is 18.2. The third-order valence-electron chi connectivity index (χ3n) is 4.40. The van der Waals surface area contributed by atoms with Crippen LogP contribution in [0.3, 0.4) is 0 Å². The van der Waals surface area contributed by atoms with Crippen LogP contribution in [0.1, 0.15) is 26.3 Å². The molecule has 6 heteroatoms. The van der Waals surface area contributed by atoms with Crippen LogP contribution < -0.4 is 0 Å². The molecule has 1 aliphatic heterocycles. The van der Waals surface area contributed by atoms with Crippen LogP contribution in [0.5, 0.6) is 0 Å². The fraction of sp³-hybridized carbons (Fsp3) is 0.579. The number of rotatable bonds is 6. The fourth-order valence-corrected chi connectivity index (χ4v) is 2.92. The van der Waals surface area contributed by atoms with Gasteiger partial charge in [-0.3, -0.25) is 9.69 Å². The Labute approximate surface area is 150 Å². The third kappa shape index (κ3) is 5.74. The zero-order valence-corrected chi connectivity index (χ0v) is 15.5. The van der Waals surface area contributed by atoms with Crippen LogP contribution in [0.2, 0.25) is 0 Å². The topological polar surface area (TPSA) is 53.1 Å². The van der Waals surface area contributed by atoms with Crippen LogP contribution in [0.4, 0.5) is 4.79 Å². The smallest absolute Gasteiger partial charge is 0.409 e. The summed E-state index contributed by atoms with van der Waals surface area (Å²) in [6.45, 7) is 9.89. The first-order chi connectivity index (χ1) is 12.0. The van der Waals surface area contributed by atoms with E-state index in [9.17, 15) is 9.59 Å². The number of benzene rings is 1. The van der Waals surface area contributed by atoms with Crippen molar-refractivity contribution in [3.63, 3.8) is 0 Å². The molecule has 1 aromatic carbocycles. The molecule has 1 heterocycles. The van der Waals surface area contributed by atoms with Gasteiger partial charge in [-0.05, 0) is 26.3 Å². The van der Waals surface area contributed by atoms with Crippen molar-refractivity contribution in [3.8, 4) is 0 Å². The van der Waals surface area contributed by atoms with E-state index in [2.05, 4.69) is 4.90 Å². The van der Waals surface area contributed by atoms with Crippen molar-refractivity contribution in [3.05, 3.63) is 35.9 Å². The van der Waals surface area contributed by atoms with Gasteiger partial charge in [0.05, 0.1) is 13.2 Å². The normalized spacial score (nSPS) is 15.3. The summed E-state index contributed by atoms with van der Waals surface area (Å²) in [5.41, 5.74) is 1.14. The van der Waals surface area contributed by atoms with Crippen LogP contribution in [-0.4, -0.2) is 72.1 Å². The third-order valence-corrected chi connectivity index (χ3v) is 4.40. The number of carbonyl (C=O) groups is 2. The van der Waals surface area contributed by atoms with Crippen molar-refractivity contribution < 1.29 is 14.3 Å². The maximum absolute atomic E-state index is 12.8. The molecule has 1 fully saturated rings. The minimum Gasteiger partial charge on any atom is -0.450 e. The molecule has 138 valence electrons. The van der Waals surface area contributed by atoms with Crippen LogP contribution in [0, 0.1) is 0 Å². The number of hydrogen-bond donors (Lipinski definition) is 0. The Morgan fingerprint density at radius 2 is 1.76 bits per heavy atom. The molecule has 0 aliphatic carbocycles. The standard InChI is InChI=1S/C19H29N3O3/c1-4-25-19(24)21-12-10-20(11-13-21)15-18(23)22(16(2)3)14-17-8-6-5-7-9-17/h5-9,16H,4,10-15H2,1-3H3. The quantitative estimate of drug-likeness (QED) is 0.792. The lowest BCUT2D eigenvalue weighted by atomic mass is 10.2. The molecule has 6 nitrogen and oxygen atoms in total. The van der Waals surface area contributed by atoms with Crippen molar-refractivity contribution in [1.29, 1.82) is 0 Å². The molecule has 0 spiro atoms. The predicted octanol–water partition coefficient (Wildman–Crippen LogP) is 2.20. The van der Waals surface area contributed by atoms with Gasteiger partial charge < -0.3 is 14.5 Å². The Balaban J connectivity index is 1.86. The van der Waals surface area contributed by atoms with Crippen molar-refractivity contribution in [2.45, 2.75) is 33.4 Å². The molecule has 1 saturated heterocycles. The summed E-state index contributed by atoms with van der Waals surface area (Å²) in [6, 6.07) is 10.2. The second-order valence-corrected chi connectivity index (χ2v) is 6.56. The van der Waals surface area contributed by atoms with Crippen molar-refractivity contribution in [2.24, 2.45) is 0 Å². The van der Waals surface area contributed by atoms with E-state index in [1.165, 1.54) is 0 Å². The first-order valence-electron chi connectivity index (χ1n) is 8.98. The van der Waals surface area contributed by atoms with Gasteiger partial charge in [-0.1, -0.05) is 30.3 Å². The zero-order valence-electron chi connectivity index (χ0n) is 15.5. The molecule has 0 bridgehead atoms. The summed E-state index contributed by atoms with van der Waals surface area (Å²) in [6.07, 6.45) is -0.263. The molecule has 1 aliphatic rings. The lowest BCUT2D eigenvalue weighted by molar-refractivity contribution is -0.135. The second kappa shape index (κ2) is 9.42. The summed E-state index contributed by atoms with van der Waals surface area (Å²) < 4.78 is 5.03. The minimum atomic E-state index is -0.263. The summed E-state index contributed by atoms with van der Waals surface area (Å²) in [5.74, 6) is 0.128. The van der Waals surface area contributed by atoms with E-state index in [1.807, 2.05) is 49.1 Å². The number of carbonyl (C=O) groups excluding carboxylic acids is 2. The van der Waals surface area contributed by atoms with E-state index < -0.39 is 0 Å². The average molecular weight is 347 g/mol. The number of piperazine rings is 1. The summed E-state index contributed by atoms with van der Waals surface area (Å²) in [5, 5.41) is 0. The molecule has 2 rings (SSSR count). The number of amides is 2. The highest BCUT2D eigenvalue weighted by Crippen LogP contribution is 2.11. The Morgan fingerprint density at radius 3 is 2.32 bits per heavy atom. The number of hydrogen-bond acceptors (Lipinski definition) is 4. The molecule has 0 atom stereocenters. The SMILES string of the molecule is CCOC(=O)N1CCN(CC(=O)N(Cc2ccccc2)C(C)C)CC1. The molecule has 2 amide bonds. The number of nitrogens with zero attached hydrogens (tertiary/aromatic N) is 3. The van der Waals surface area contributed by atoms with E-state index >= 15 is 0 Å². The van der Waals surface area contributed by atoms with Gasteiger partial charge in [0, 0.05) is 38.8 Å². The molecule has 0 aromatic heterocycles. The van der Waals surface area contributed by atoms with Gasteiger partial charge >= 0.3 is 6.09 Å². The molecule has 25 heavy (non-hydrogen) atoms. The highest BCUT2D eigenvalue weighted by molar-refractivity contribution is 5.78. The maximum atomic E-state index is 12.8. The van der Waals surface area contributed by atoms with Gasteiger partial charge in [0.25, 0.3) is 0 Å². The second-order valence-electron chi connectivity index (χ2n) is 6.56. The molecule has 0 N–H and O–H groups in total. The van der Waals surface area contributed by atoms with Crippen molar-refractivity contribution >= 4 is 12.0 Å². The van der Waals surface area contributed by atoms with E-state index in [1.54, 1.807) is 11.8 Å². The minimum absolute atomic E-state index is 0.128. The monoisotopic (exact) mass is 347 g/mol. The summed E-state index contributed by atoms with van der Waals surface area (Å²) >= 11 is 0. The lowest BCUT2D eigenvalue weighted by Crippen LogP contribution is -2.52. The van der Waals surface area contributed by atoms with Crippen molar-refractivity contribution in [2.75, 3.05) is 39.3 Å².